The van der Waals surface area contributed by atoms with Crippen molar-refractivity contribution in [2.45, 2.75) is 51.8 Å². The zero-order chi connectivity index (χ0) is 12.9. The summed E-state index contributed by atoms with van der Waals surface area (Å²) in [5.41, 5.74) is 1.13. The van der Waals surface area contributed by atoms with Gasteiger partial charge in [0.15, 0.2) is 0 Å². The van der Waals surface area contributed by atoms with Crippen molar-refractivity contribution in [1.82, 2.24) is 10.3 Å². The van der Waals surface area contributed by atoms with E-state index in [1.165, 1.54) is 5.56 Å². The largest absolute Gasteiger partial charge is 0.379 e. The zero-order valence-corrected chi connectivity index (χ0v) is 11.5. The summed E-state index contributed by atoms with van der Waals surface area (Å²) in [6.07, 6.45) is 4.69. The third kappa shape index (κ3) is 4.84. The lowest BCUT2D eigenvalue weighted by Crippen LogP contribution is -2.36. The number of nitrogens with one attached hydrogen (secondary N) is 1. The molecule has 0 saturated heterocycles. The molecular weight excluding hydrogens is 212 g/mol. The van der Waals surface area contributed by atoms with Crippen molar-refractivity contribution >= 4 is 0 Å². The van der Waals surface area contributed by atoms with Crippen LogP contribution in [0.15, 0.2) is 24.5 Å². The molecule has 1 aromatic rings. The van der Waals surface area contributed by atoms with Crippen LogP contribution < -0.4 is 5.32 Å². The van der Waals surface area contributed by atoms with Crippen molar-refractivity contribution < 1.29 is 4.74 Å². The van der Waals surface area contributed by atoms with E-state index in [0.717, 1.165) is 6.42 Å². The smallest absolute Gasteiger partial charge is 0.0637 e. The minimum absolute atomic E-state index is 0.0823. The van der Waals surface area contributed by atoms with E-state index in [-0.39, 0.29) is 5.60 Å². The van der Waals surface area contributed by atoms with Gasteiger partial charge >= 0.3 is 0 Å². The van der Waals surface area contributed by atoms with Gasteiger partial charge in [-0.3, -0.25) is 4.98 Å². The molecule has 0 saturated carbocycles. The average molecular weight is 236 g/mol. The molecule has 3 nitrogen and oxygen atoms in total. The Bertz CT molecular complexity index is 324. The maximum absolute atomic E-state index is 5.44. The molecule has 0 aliphatic carbocycles. The van der Waals surface area contributed by atoms with Gasteiger partial charge in [0.05, 0.1) is 5.60 Å². The van der Waals surface area contributed by atoms with Crippen LogP contribution in [0.3, 0.4) is 0 Å². The van der Waals surface area contributed by atoms with Crippen molar-refractivity contribution in [3.05, 3.63) is 30.1 Å². The van der Waals surface area contributed by atoms with Gasteiger partial charge < -0.3 is 10.1 Å². The van der Waals surface area contributed by atoms with Crippen molar-refractivity contribution in [1.29, 1.82) is 0 Å². The Kier molecular flexibility index (Phi) is 5.09. The predicted octanol–water partition coefficient (Wildman–Crippen LogP) is 2.94. The van der Waals surface area contributed by atoms with E-state index < -0.39 is 0 Å². The standard InChI is InChI=1S/C14H24N2O/c1-11(9-14(3,4)17-5)16-12(2)13-7-6-8-15-10-13/h6-8,10-12,16H,9H2,1-5H3/t11?,12-/m0/s1. The number of ether oxygens (including phenoxy) is 1. The minimum Gasteiger partial charge on any atom is -0.379 e. The van der Waals surface area contributed by atoms with Gasteiger partial charge in [0.1, 0.15) is 0 Å². The molecule has 0 bridgehead atoms. The lowest BCUT2D eigenvalue weighted by Gasteiger charge is -2.29. The lowest BCUT2D eigenvalue weighted by molar-refractivity contribution is 0.00782. The average Bonchev–Trinajstić information content (AvgIpc) is 2.29. The van der Waals surface area contributed by atoms with E-state index in [0.29, 0.717) is 12.1 Å². The second-order valence-electron chi connectivity index (χ2n) is 5.24. The van der Waals surface area contributed by atoms with E-state index in [2.05, 4.69) is 44.1 Å². The van der Waals surface area contributed by atoms with Crippen molar-refractivity contribution in [2.75, 3.05) is 7.11 Å². The van der Waals surface area contributed by atoms with E-state index in [1.54, 1.807) is 13.3 Å². The maximum Gasteiger partial charge on any atom is 0.0637 e. The SMILES string of the molecule is COC(C)(C)CC(C)N[C@@H](C)c1cccnc1. The molecule has 2 atom stereocenters. The molecule has 0 aliphatic rings. The number of methoxy groups -OCH3 is 1. The second kappa shape index (κ2) is 6.12. The van der Waals surface area contributed by atoms with Crippen LogP contribution in [0.1, 0.15) is 45.7 Å². The molecule has 0 aromatic carbocycles. The fourth-order valence-corrected chi connectivity index (χ4v) is 2.03. The van der Waals surface area contributed by atoms with Gasteiger partial charge in [-0.05, 0) is 45.7 Å². The van der Waals surface area contributed by atoms with Crippen molar-refractivity contribution in [3.8, 4) is 0 Å². The number of hydrogen-bond donors (Lipinski definition) is 1. The maximum atomic E-state index is 5.44. The van der Waals surface area contributed by atoms with Gasteiger partial charge in [-0.25, -0.2) is 0 Å². The Morgan fingerprint density at radius 2 is 2.12 bits per heavy atom. The summed E-state index contributed by atoms with van der Waals surface area (Å²) in [5.74, 6) is 0. The summed E-state index contributed by atoms with van der Waals surface area (Å²) in [6.45, 7) is 8.57. The van der Waals surface area contributed by atoms with Crippen LogP contribution in [0, 0.1) is 0 Å². The molecule has 3 heteroatoms. The van der Waals surface area contributed by atoms with Crippen LogP contribution in [0.4, 0.5) is 0 Å². The number of pyridine rings is 1. The van der Waals surface area contributed by atoms with E-state index in [1.807, 2.05) is 12.3 Å². The molecule has 96 valence electrons. The van der Waals surface area contributed by atoms with Crippen LogP contribution in [0.5, 0.6) is 0 Å². The predicted molar refractivity (Wildman–Crippen MR) is 71.0 cm³/mol. The summed E-state index contributed by atoms with van der Waals surface area (Å²) in [7, 11) is 1.76. The van der Waals surface area contributed by atoms with Crippen LogP contribution in [-0.2, 0) is 4.74 Å². The van der Waals surface area contributed by atoms with Crippen molar-refractivity contribution in [3.63, 3.8) is 0 Å². The first-order chi connectivity index (χ1) is 7.94. The molecule has 0 spiro atoms. The van der Waals surface area contributed by atoms with Gasteiger partial charge in [0.25, 0.3) is 0 Å². The highest BCUT2D eigenvalue weighted by Gasteiger charge is 2.21. The Labute approximate surface area is 105 Å². The summed E-state index contributed by atoms with van der Waals surface area (Å²) in [4.78, 5) is 4.14. The molecule has 0 amide bonds. The third-order valence-corrected chi connectivity index (χ3v) is 3.07. The Hall–Kier alpha value is -0.930. The first-order valence-corrected chi connectivity index (χ1v) is 6.16. The van der Waals surface area contributed by atoms with Gasteiger partial charge in [0, 0.05) is 31.6 Å². The lowest BCUT2D eigenvalue weighted by atomic mass is 9.98. The normalized spacial score (nSPS) is 15.6. The fraction of sp³-hybridized carbons (Fsp3) is 0.643. The summed E-state index contributed by atoms with van der Waals surface area (Å²) >= 11 is 0. The topological polar surface area (TPSA) is 34.1 Å². The summed E-state index contributed by atoms with van der Waals surface area (Å²) in [6, 6.07) is 4.78. The monoisotopic (exact) mass is 236 g/mol. The number of hydrogen-bond acceptors (Lipinski definition) is 3. The summed E-state index contributed by atoms with van der Waals surface area (Å²) in [5, 5.41) is 3.57. The molecule has 0 aliphatic heterocycles. The van der Waals surface area contributed by atoms with Crippen LogP contribution in [0.2, 0.25) is 0 Å². The van der Waals surface area contributed by atoms with E-state index in [4.69, 9.17) is 4.74 Å². The van der Waals surface area contributed by atoms with Crippen LogP contribution in [0.25, 0.3) is 0 Å². The van der Waals surface area contributed by atoms with E-state index >= 15 is 0 Å². The Morgan fingerprint density at radius 1 is 1.41 bits per heavy atom. The molecule has 1 rings (SSSR count). The first-order valence-electron chi connectivity index (χ1n) is 6.16. The van der Waals surface area contributed by atoms with Crippen LogP contribution >= 0.6 is 0 Å². The van der Waals surface area contributed by atoms with Gasteiger partial charge in [-0.2, -0.15) is 0 Å². The van der Waals surface area contributed by atoms with Crippen molar-refractivity contribution in [2.24, 2.45) is 0 Å². The van der Waals surface area contributed by atoms with Gasteiger partial charge in [-0.15, -0.1) is 0 Å². The number of nitrogens with zero attached hydrogens (tertiary/aromatic N) is 1. The molecule has 1 unspecified atom stereocenters. The highest BCUT2D eigenvalue weighted by molar-refractivity contribution is 5.12. The van der Waals surface area contributed by atoms with E-state index in [9.17, 15) is 0 Å². The van der Waals surface area contributed by atoms with Gasteiger partial charge in [-0.1, -0.05) is 6.07 Å². The minimum atomic E-state index is -0.0823. The summed E-state index contributed by atoms with van der Waals surface area (Å²) < 4.78 is 5.44. The third-order valence-electron chi connectivity index (χ3n) is 3.07. The van der Waals surface area contributed by atoms with Crippen LogP contribution in [-0.4, -0.2) is 23.7 Å². The first kappa shape index (κ1) is 14.1. The molecule has 0 fully saturated rings. The molecule has 0 radical (unpaired) electrons. The Morgan fingerprint density at radius 3 is 2.65 bits per heavy atom. The highest BCUT2D eigenvalue weighted by atomic mass is 16.5. The zero-order valence-electron chi connectivity index (χ0n) is 11.5. The quantitative estimate of drug-likeness (QED) is 0.824. The molecular formula is C14H24N2O. The highest BCUT2D eigenvalue weighted by Crippen LogP contribution is 2.18. The molecule has 1 heterocycles. The molecule has 1 aromatic heterocycles. The second-order valence-corrected chi connectivity index (χ2v) is 5.24. The molecule has 17 heavy (non-hydrogen) atoms. The number of aromatic nitrogens is 1. The fourth-order valence-electron chi connectivity index (χ4n) is 2.03. The molecule has 1 N–H and O–H groups in total. The number of rotatable bonds is 6. The Balaban J connectivity index is 2.49. The van der Waals surface area contributed by atoms with Gasteiger partial charge in [0.2, 0.25) is 0 Å².